The second kappa shape index (κ2) is 5.45. The zero-order valence-corrected chi connectivity index (χ0v) is 12.4. The Kier molecular flexibility index (Phi) is 3.83. The molecule has 1 aromatic carbocycles. The number of halogens is 1. The Balaban J connectivity index is 1.73. The average Bonchev–Trinajstić information content (AvgIpc) is 2.44. The van der Waals surface area contributed by atoms with Gasteiger partial charge in [0.05, 0.1) is 6.61 Å². The van der Waals surface area contributed by atoms with Gasteiger partial charge < -0.3 is 10.1 Å². The van der Waals surface area contributed by atoms with E-state index in [9.17, 15) is 4.39 Å². The van der Waals surface area contributed by atoms with E-state index in [1.807, 2.05) is 12.1 Å². The summed E-state index contributed by atoms with van der Waals surface area (Å²) in [6, 6.07) is 7.09. The van der Waals surface area contributed by atoms with E-state index in [2.05, 4.69) is 19.2 Å². The summed E-state index contributed by atoms with van der Waals surface area (Å²) in [6.07, 6.45) is 4.67. The third kappa shape index (κ3) is 2.61. The van der Waals surface area contributed by atoms with Crippen molar-refractivity contribution in [3.8, 4) is 0 Å². The topological polar surface area (TPSA) is 21.3 Å². The summed E-state index contributed by atoms with van der Waals surface area (Å²) >= 11 is 0. The molecule has 1 aliphatic heterocycles. The van der Waals surface area contributed by atoms with Gasteiger partial charge in [-0.15, -0.1) is 0 Å². The lowest BCUT2D eigenvalue weighted by Gasteiger charge is -2.48. The lowest BCUT2D eigenvalue weighted by molar-refractivity contribution is -0.0758. The van der Waals surface area contributed by atoms with Crippen LogP contribution in [0.15, 0.2) is 24.3 Å². The Morgan fingerprint density at radius 2 is 1.90 bits per heavy atom. The number of rotatable bonds is 1. The average molecular weight is 277 g/mol. The van der Waals surface area contributed by atoms with Crippen molar-refractivity contribution in [2.75, 3.05) is 6.61 Å². The molecule has 1 spiro atoms. The first-order chi connectivity index (χ1) is 9.60. The molecule has 2 fully saturated rings. The molecule has 1 N–H and O–H groups in total. The Morgan fingerprint density at radius 3 is 2.55 bits per heavy atom. The van der Waals surface area contributed by atoms with Gasteiger partial charge in [0.2, 0.25) is 0 Å². The molecule has 1 aliphatic carbocycles. The third-order valence-electron chi connectivity index (χ3n) is 4.97. The fourth-order valence-corrected chi connectivity index (χ4v) is 3.66. The molecule has 1 saturated carbocycles. The molecule has 2 aliphatic rings. The summed E-state index contributed by atoms with van der Waals surface area (Å²) in [5, 5.41) is 3.74. The molecule has 0 aromatic heterocycles. The van der Waals surface area contributed by atoms with Crippen LogP contribution in [0.2, 0.25) is 0 Å². The molecule has 2 atom stereocenters. The van der Waals surface area contributed by atoms with E-state index in [0.29, 0.717) is 12.2 Å². The minimum absolute atomic E-state index is 0.119. The third-order valence-corrected chi connectivity index (χ3v) is 4.97. The number of hydrogen-bond donors (Lipinski definition) is 1. The first-order valence-corrected chi connectivity index (χ1v) is 7.73. The van der Waals surface area contributed by atoms with E-state index in [1.54, 1.807) is 6.07 Å². The standard InChI is InChI=1S/C17H24FNO/c1-12-7-9-17(10-8-12)11-20-16(13(2)19-17)14-5-3-4-6-15(14)18/h3-6,12-13,16,19H,7-11H2,1-2H3. The normalized spacial score (nSPS) is 38.0. The molecule has 1 saturated heterocycles. The smallest absolute Gasteiger partial charge is 0.129 e. The van der Waals surface area contributed by atoms with Crippen molar-refractivity contribution in [3.05, 3.63) is 35.6 Å². The van der Waals surface area contributed by atoms with Crippen LogP contribution in [0.5, 0.6) is 0 Å². The number of hydrogen-bond acceptors (Lipinski definition) is 2. The second-order valence-corrected chi connectivity index (χ2v) is 6.65. The van der Waals surface area contributed by atoms with Crippen molar-refractivity contribution < 1.29 is 9.13 Å². The van der Waals surface area contributed by atoms with Crippen molar-refractivity contribution in [1.82, 2.24) is 5.32 Å². The van der Waals surface area contributed by atoms with Crippen molar-refractivity contribution >= 4 is 0 Å². The van der Waals surface area contributed by atoms with Crippen LogP contribution in [0.1, 0.15) is 51.2 Å². The highest BCUT2D eigenvalue weighted by molar-refractivity contribution is 5.22. The maximum absolute atomic E-state index is 13.9. The molecular weight excluding hydrogens is 253 g/mol. The molecular formula is C17H24FNO. The number of benzene rings is 1. The first-order valence-electron chi connectivity index (χ1n) is 7.73. The predicted molar refractivity (Wildman–Crippen MR) is 78.1 cm³/mol. The predicted octanol–water partition coefficient (Wildman–Crippen LogP) is 3.82. The van der Waals surface area contributed by atoms with E-state index in [0.717, 1.165) is 5.92 Å². The van der Waals surface area contributed by atoms with Gasteiger partial charge in [0.15, 0.2) is 0 Å². The Morgan fingerprint density at radius 1 is 1.20 bits per heavy atom. The van der Waals surface area contributed by atoms with Crippen LogP contribution in [0.25, 0.3) is 0 Å². The Bertz CT molecular complexity index is 468. The van der Waals surface area contributed by atoms with E-state index >= 15 is 0 Å². The summed E-state index contributed by atoms with van der Waals surface area (Å²) in [5.41, 5.74) is 0.791. The molecule has 3 heteroatoms. The van der Waals surface area contributed by atoms with E-state index < -0.39 is 0 Å². The van der Waals surface area contributed by atoms with Gasteiger partial charge in [0, 0.05) is 17.1 Å². The van der Waals surface area contributed by atoms with Crippen LogP contribution in [-0.2, 0) is 4.74 Å². The van der Waals surface area contributed by atoms with Gasteiger partial charge in [-0.2, -0.15) is 0 Å². The van der Waals surface area contributed by atoms with E-state index in [-0.39, 0.29) is 23.5 Å². The van der Waals surface area contributed by atoms with Crippen molar-refractivity contribution in [3.63, 3.8) is 0 Å². The van der Waals surface area contributed by atoms with E-state index in [4.69, 9.17) is 4.74 Å². The van der Waals surface area contributed by atoms with Crippen molar-refractivity contribution in [2.24, 2.45) is 5.92 Å². The second-order valence-electron chi connectivity index (χ2n) is 6.65. The summed E-state index contributed by atoms with van der Waals surface area (Å²) in [7, 11) is 0. The molecule has 3 rings (SSSR count). The van der Waals surface area contributed by atoms with Crippen LogP contribution < -0.4 is 5.32 Å². The van der Waals surface area contributed by atoms with Gasteiger partial charge in [0.1, 0.15) is 11.9 Å². The highest BCUT2D eigenvalue weighted by atomic mass is 19.1. The highest BCUT2D eigenvalue weighted by Gasteiger charge is 2.42. The van der Waals surface area contributed by atoms with Crippen LogP contribution >= 0.6 is 0 Å². The Hall–Kier alpha value is -0.930. The number of ether oxygens (including phenoxy) is 1. The fraction of sp³-hybridized carbons (Fsp3) is 0.647. The number of nitrogens with one attached hydrogen (secondary N) is 1. The minimum atomic E-state index is -0.179. The Labute approximate surface area is 120 Å². The molecule has 2 unspecified atom stereocenters. The van der Waals surface area contributed by atoms with Crippen LogP contribution in [0.4, 0.5) is 4.39 Å². The van der Waals surface area contributed by atoms with Gasteiger partial charge in [-0.1, -0.05) is 25.1 Å². The van der Waals surface area contributed by atoms with E-state index in [1.165, 1.54) is 31.7 Å². The van der Waals surface area contributed by atoms with Crippen LogP contribution in [0, 0.1) is 11.7 Å². The van der Waals surface area contributed by atoms with Gasteiger partial charge in [0.25, 0.3) is 0 Å². The zero-order valence-electron chi connectivity index (χ0n) is 12.4. The van der Waals surface area contributed by atoms with Crippen molar-refractivity contribution in [2.45, 2.75) is 57.2 Å². The van der Waals surface area contributed by atoms with Gasteiger partial charge in [-0.05, 0) is 44.6 Å². The number of morpholine rings is 1. The monoisotopic (exact) mass is 277 g/mol. The summed E-state index contributed by atoms with van der Waals surface area (Å²) in [6.45, 7) is 5.13. The molecule has 1 aromatic rings. The largest absolute Gasteiger partial charge is 0.370 e. The van der Waals surface area contributed by atoms with Crippen LogP contribution in [-0.4, -0.2) is 18.2 Å². The molecule has 0 radical (unpaired) electrons. The molecule has 0 bridgehead atoms. The lowest BCUT2D eigenvalue weighted by atomic mass is 9.76. The maximum Gasteiger partial charge on any atom is 0.129 e. The minimum Gasteiger partial charge on any atom is -0.370 e. The SMILES string of the molecule is CC1CCC2(CC1)COC(c1ccccc1F)C(C)N2. The highest BCUT2D eigenvalue weighted by Crippen LogP contribution is 2.38. The van der Waals surface area contributed by atoms with Gasteiger partial charge in [-0.3, -0.25) is 0 Å². The molecule has 20 heavy (non-hydrogen) atoms. The molecule has 2 nitrogen and oxygen atoms in total. The maximum atomic E-state index is 13.9. The van der Waals surface area contributed by atoms with Crippen molar-refractivity contribution in [1.29, 1.82) is 0 Å². The fourth-order valence-electron chi connectivity index (χ4n) is 3.66. The molecule has 110 valence electrons. The first kappa shape index (κ1) is 14.0. The quantitative estimate of drug-likeness (QED) is 0.842. The van der Waals surface area contributed by atoms with Crippen LogP contribution in [0.3, 0.4) is 0 Å². The zero-order chi connectivity index (χ0) is 14.2. The summed E-state index contributed by atoms with van der Waals surface area (Å²) in [5.74, 6) is 0.654. The summed E-state index contributed by atoms with van der Waals surface area (Å²) < 4.78 is 20.0. The van der Waals surface area contributed by atoms with Gasteiger partial charge in [-0.25, -0.2) is 4.39 Å². The summed E-state index contributed by atoms with van der Waals surface area (Å²) in [4.78, 5) is 0. The lowest BCUT2D eigenvalue weighted by Crippen LogP contribution is -2.60. The molecule has 0 amide bonds. The van der Waals surface area contributed by atoms with Gasteiger partial charge >= 0.3 is 0 Å². The molecule has 1 heterocycles.